The van der Waals surface area contributed by atoms with Crippen molar-refractivity contribution in [2.75, 3.05) is 74.6 Å². The molecule has 3 aliphatic heterocycles. The summed E-state index contributed by atoms with van der Waals surface area (Å²) in [4.78, 5) is 79.3. The standard InChI is InChI=1S/C58H69F2N11O7S/c1-35-52(79-34-63-35)39-10-7-36(8-11-39)31-62-56(76)49-30-44(72)32-71(49)57(77)53(58(2,3)4)65-50(73)6-5-17-61-51(74)33-69-18-20-70(21-19-69)43-12-13-45(48(29-43)64-42-15-22-78-23-16-42)55(75)66-54-46-27-37(9-14-47(46)67-68-54)24-38-25-40(59)28-41(60)26-38/h7-14,25-29,34,42,44,49,53,64,72H,5-6,15-24,30-33H2,1-4H3,(H,61,74)(H,62,76)(H,65,73)(H2,66,67,68,75)/t44-,49+,53?/m1/s1. The fourth-order valence-corrected chi connectivity index (χ4v) is 11.2. The van der Waals surface area contributed by atoms with Crippen LogP contribution in [0.4, 0.5) is 26.0 Å². The first kappa shape index (κ1) is 56.4. The Hall–Kier alpha value is -7.33. The molecule has 4 aromatic carbocycles. The van der Waals surface area contributed by atoms with Gasteiger partial charge in [-0.2, -0.15) is 5.10 Å². The Morgan fingerprint density at radius 3 is 2.32 bits per heavy atom. The summed E-state index contributed by atoms with van der Waals surface area (Å²) in [6, 6.07) is 20.7. The van der Waals surface area contributed by atoms with Crippen LogP contribution >= 0.6 is 11.3 Å². The number of hydrogen-bond acceptors (Lipinski definition) is 13. The molecule has 1 unspecified atom stereocenters. The van der Waals surface area contributed by atoms with Crippen molar-refractivity contribution < 1.29 is 42.6 Å². The van der Waals surface area contributed by atoms with Gasteiger partial charge in [0.15, 0.2) is 5.82 Å². The highest BCUT2D eigenvalue weighted by atomic mass is 32.1. The summed E-state index contributed by atoms with van der Waals surface area (Å²) in [5, 5.41) is 34.0. The number of carbonyl (C=O) groups is 5. The van der Waals surface area contributed by atoms with E-state index in [1.54, 1.807) is 22.9 Å². The minimum absolute atomic E-state index is 0.0315. The molecule has 0 spiro atoms. The van der Waals surface area contributed by atoms with Gasteiger partial charge >= 0.3 is 0 Å². The van der Waals surface area contributed by atoms with E-state index >= 15 is 0 Å². The number of carbonyl (C=O) groups excluding carboxylic acids is 5. The van der Waals surface area contributed by atoms with Crippen molar-refractivity contribution in [1.82, 2.24) is 40.9 Å². The number of halogens is 2. The van der Waals surface area contributed by atoms with Crippen LogP contribution in [0.3, 0.4) is 0 Å². The summed E-state index contributed by atoms with van der Waals surface area (Å²) in [7, 11) is 0. The molecule has 2 aromatic heterocycles. The quantitative estimate of drug-likeness (QED) is 0.0430. The maximum absolute atomic E-state index is 14.1. The highest BCUT2D eigenvalue weighted by Crippen LogP contribution is 2.32. The molecule has 3 aliphatic rings. The Bertz CT molecular complexity index is 3130. The number of hydrogen-bond donors (Lipinski definition) is 7. The number of anilines is 3. The molecule has 3 fully saturated rings. The molecular weight excluding hydrogens is 1030 g/mol. The number of benzene rings is 4. The molecule has 7 N–H and O–H groups in total. The van der Waals surface area contributed by atoms with Crippen LogP contribution in [-0.2, 0) is 36.9 Å². The lowest BCUT2D eigenvalue weighted by atomic mass is 9.85. The predicted molar refractivity (Wildman–Crippen MR) is 300 cm³/mol. The molecule has 0 saturated carbocycles. The average Bonchev–Trinajstić information content (AvgIpc) is 4.23. The minimum Gasteiger partial charge on any atom is -0.391 e. The molecule has 5 heterocycles. The van der Waals surface area contributed by atoms with Crippen LogP contribution in [-0.4, -0.2) is 143 Å². The zero-order chi connectivity index (χ0) is 55.8. The van der Waals surface area contributed by atoms with E-state index in [9.17, 15) is 37.9 Å². The molecule has 21 heteroatoms. The zero-order valence-electron chi connectivity index (χ0n) is 45.0. The molecule has 3 saturated heterocycles. The second kappa shape index (κ2) is 25.2. The Morgan fingerprint density at radius 1 is 0.873 bits per heavy atom. The van der Waals surface area contributed by atoms with Crippen LogP contribution in [0.2, 0.25) is 0 Å². The van der Waals surface area contributed by atoms with Crippen LogP contribution in [0.1, 0.15) is 85.6 Å². The van der Waals surface area contributed by atoms with Crippen molar-refractivity contribution in [1.29, 1.82) is 0 Å². The molecule has 18 nitrogen and oxygen atoms in total. The average molecular weight is 1100 g/mol. The van der Waals surface area contributed by atoms with Gasteiger partial charge in [-0.3, -0.25) is 34.0 Å². The number of aliphatic hydroxyl groups is 1. The molecule has 418 valence electrons. The first-order chi connectivity index (χ1) is 37.9. The number of piperazine rings is 1. The first-order valence-corrected chi connectivity index (χ1v) is 27.8. The summed E-state index contributed by atoms with van der Waals surface area (Å²) in [6.07, 6.45) is 1.43. The summed E-state index contributed by atoms with van der Waals surface area (Å²) >= 11 is 1.56. The van der Waals surface area contributed by atoms with Crippen LogP contribution in [0.5, 0.6) is 0 Å². The van der Waals surface area contributed by atoms with Gasteiger partial charge in [0.25, 0.3) is 5.91 Å². The third-order valence-electron chi connectivity index (χ3n) is 14.7. The normalized spacial score (nSPS) is 17.6. The van der Waals surface area contributed by atoms with Crippen molar-refractivity contribution in [3.63, 3.8) is 0 Å². The van der Waals surface area contributed by atoms with Crippen molar-refractivity contribution >= 4 is 69.0 Å². The fourth-order valence-electron chi connectivity index (χ4n) is 10.4. The summed E-state index contributed by atoms with van der Waals surface area (Å²) < 4.78 is 33.5. The number of ether oxygens (including phenoxy) is 1. The third-order valence-corrected chi connectivity index (χ3v) is 15.7. The van der Waals surface area contributed by atoms with E-state index in [1.165, 1.54) is 17.0 Å². The van der Waals surface area contributed by atoms with E-state index < -0.39 is 41.1 Å². The summed E-state index contributed by atoms with van der Waals surface area (Å²) in [5.74, 6) is -2.69. The number of likely N-dealkylation sites (tertiary alicyclic amines) is 1. The third kappa shape index (κ3) is 14.5. The molecule has 0 bridgehead atoms. The summed E-state index contributed by atoms with van der Waals surface area (Å²) in [6.45, 7) is 11.8. The SMILES string of the molecule is Cc1ncsc1-c1ccc(CNC(=O)[C@@H]2C[C@@H](O)CN2C(=O)C(NC(=O)CCCNC(=O)CN2CCN(c3ccc(C(=O)Nc4n[nH]c5ccc(Cc6cc(F)cc(F)c6)cc45)c(NC4CCOCC4)c3)CC2)C(C)(C)C)cc1. The molecule has 3 atom stereocenters. The molecule has 0 radical (unpaired) electrons. The topological polar surface area (TPSA) is 226 Å². The van der Waals surface area contributed by atoms with E-state index in [0.717, 1.165) is 51.9 Å². The monoisotopic (exact) mass is 1100 g/mol. The number of aromatic nitrogens is 3. The van der Waals surface area contributed by atoms with Gasteiger partial charge in [0.05, 0.1) is 39.8 Å². The number of thiazole rings is 1. The Morgan fingerprint density at radius 2 is 1.61 bits per heavy atom. The number of nitrogens with zero attached hydrogens (tertiary/aromatic N) is 5. The molecule has 0 aliphatic carbocycles. The lowest BCUT2D eigenvalue weighted by molar-refractivity contribution is -0.144. The maximum atomic E-state index is 14.1. The molecule has 79 heavy (non-hydrogen) atoms. The zero-order valence-corrected chi connectivity index (χ0v) is 45.8. The summed E-state index contributed by atoms with van der Waals surface area (Å²) in [5.41, 5.74) is 7.95. The van der Waals surface area contributed by atoms with Crippen molar-refractivity contribution in [3.05, 3.63) is 124 Å². The van der Waals surface area contributed by atoms with Crippen molar-refractivity contribution in [3.8, 4) is 10.4 Å². The highest BCUT2D eigenvalue weighted by molar-refractivity contribution is 7.13. The number of nitrogens with one attached hydrogen (secondary N) is 6. The molecule has 5 amide bonds. The van der Waals surface area contributed by atoms with Gasteiger partial charge in [0.2, 0.25) is 23.6 Å². The van der Waals surface area contributed by atoms with Gasteiger partial charge in [-0.1, -0.05) is 51.1 Å². The first-order valence-electron chi connectivity index (χ1n) is 26.9. The van der Waals surface area contributed by atoms with Gasteiger partial charge in [0.1, 0.15) is 23.7 Å². The van der Waals surface area contributed by atoms with Gasteiger partial charge in [0, 0.05) is 101 Å². The van der Waals surface area contributed by atoms with Crippen molar-refractivity contribution in [2.24, 2.45) is 5.41 Å². The number of aliphatic hydroxyl groups excluding tert-OH is 1. The van der Waals surface area contributed by atoms with Gasteiger partial charge in [-0.15, -0.1) is 11.3 Å². The van der Waals surface area contributed by atoms with E-state index in [0.29, 0.717) is 79.3 Å². The van der Waals surface area contributed by atoms with E-state index in [-0.39, 0.29) is 75.1 Å². The van der Waals surface area contributed by atoms with Crippen LogP contribution < -0.4 is 31.5 Å². The van der Waals surface area contributed by atoms with Crippen LogP contribution in [0.25, 0.3) is 21.3 Å². The second-order valence-corrected chi connectivity index (χ2v) is 22.6. The highest BCUT2D eigenvalue weighted by Gasteiger charge is 2.44. The number of aryl methyl sites for hydroxylation is 1. The largest absolute Gasteiger partial charge is 0.391 e. The number of aromatic amines is 1. The Kier molecular flexibility index (Phi) is 18.0. The maximum Gasteiger partial charge on any atom is 0.258 e. The van der Waals surface area contributed by atoms with Crippen LogP contribution in [0.15, 0.2) is 84.4 Å². The number of fused-ring (bicyclic) bond motifs is 1. The van der Waals surface area contributed by atoms with E-state index in [1.807, 2.05) is 82.3 Å². The molecular formula is C58H69F2N11O7S. The second-order valence-electron chi connectivity index (χ2n) is 21.8. The fraction of sp³-hybridized carbons (Fsp3) is 0.431. The smallest absolute Gasteiger partial charge is 0.258 e. The molecule has 6 aromatic rings. The number of rotatable bonds is 19. The van der Waals surface area contributed by atoms with E-state index in [4.69, 9.17) is 4.74 Å². The number of β-amino-alcohol motifs (C(OH)–C–C–N with tert-alkyl or cyclic N) is 1. The molecule has 9 rings (SSSR count). The van der Waals surface area contributed by atoms with Gasteiger partial charge in [-0.05, 0) is 103 Å². The minimum atomic E-state index is -0.968. The Balaban J connectivity index is 0.734. The number of amides is 5. The van der Waals surface area contributed by atoms with Gasteiger partial charge < -0.3 is 46.2 Å². The van der Waals surface area contributed by atoms with Gasteiger partial charge in [-0.25, -0.2) is 13.8 Å². The lowest BCUT2D eigenvalue weighted by Crippen LogP contribution is -2.57. The Labute approximate surface area is 462 Å². The van der Waals surface area contributed by atoms with Crippen molar-refractivity contribution in [2.45, 2.75) is 97.0 Å². The van der Waals surface area contributed by atoms with E-state index in [2.05, 4.69) is 51.6 Å². The van der Waals surface area contributed by atoms with Crippen LogP contribution in [0, 0.1) is 24.0 Å². The predicted octanol–water partition coefficient (Wildman–Crippen LogP) is 6.53. The number of H-pyrrole nitrogens is 1. The lowest BCUT2D eigenvalue weighted by Gasteiger charge is -2.36.